The minimum absolute atomic E-state index is 0.221. The molecule has 1 aromatic heterocycles. The lowest BCUT2D eigenvalue weighted by atomic mass is 10.0. The largest absolute Gasteiger partial charge is 0.490 e. The van der Waals surface area contributed by atoms with E-state index in [1.165, 1.54) is 5.56 Å². The van der Waals surface area contributed by atoms with Gasteiger partial charge in [-0.05, 0) is 6.07 Å². The van der Waals surface area contributed by atoms with E-state index in [0.29, 0.717) is 6.61 Å². The molecule has 0 saturated carbocycles. The highest BCUT2D eigenvalue weighted by molar-refractivity contribution is 5.73. The van der Waals surface area contributed by atoms with Gasteiger partial charge in [-0.25, -0.2) is 9.59 Å². The molecule has 9 nitrogen and oxygen atoms in total. The summed E-state index contributed by atoms with van der Waals surface area (Å²) in [6, 6.07) is 2.02. The van der Waals surface area contributed by atoms with Crippen molar-refractivity contribution in [2.75, 3.05) is 52.5 Å². The Balaban J connectivity index is 0.000000362. The van der Waals surface area contributed by atoms with Crippen molar-refractivity contribution in [3.63, 3.8) is 0 Å². The van der Waals surface area contributed by atoms with Gasteiger partial charge in [0.1, 0.15) is 5.60 Å². The molecule has 0 aliphatic carbocycles. The fourth-order valence-corrected chi connectivity index (χ4v) is 3.20. The number of morpholine rings is 1. The van der Waals surface area contributed by atoms with Crippen LogP contribution in [0.3, 0.4) is 0 Å². The Bertz CT molecular complexity index is 777. The number of ether oxygens (including phenoxy) is 2. The molecule has 0 radical (unpaired) electrons. The van der Waals surface area contributed by atoms with Gasteiger partial charge >= 0.3 is 24.3 Å². The molecular formula is C20H26F6N2O7. The zero-order valence-electron chi connectivity index (χ0n) is 18.5. The van der Waals surface area contributed by atoms with Crippen molar-refractivity contribution in [3.8, 4) is 0 Å². The second-order valence-electron chi connectivity index (χ2n) is 7.56. The van der Waals surface area contributed by atoms with Gasteiger partial charge in [-0.1, -0.05) is 6.08 Å². The van der Waals surface area contributed by atoms with Crippen LogP contribution in [0.5, 0.6) is 0 Å². The smallest absolute Gasteiger partial charge is 0.475 e. The monoisotopic (exact) mass is 520 g/mol. The van der Waals surface area contributed by atoms with Gasteiger partial charge in [0.25, 0.3) is 0 Å². The molecule has 1 unspecified atom stereocenters. The zero-order chi connectivity index (χ0) is 26.7. The van der Waals surface area contributed by atoms with Crippen LogP contribution in [0.25, 0.3) is 0 Å². The van der Waals surface area contributed by atoms with Crippen LogP contribution in [0.15, 0.2) is 35.7 Å². The molecule has 0 amide bonds. The normalized spacial score (nSPS) is 21.7. The van der Waals surface area contributed by atoms with Crippen LogP contribution < -0.4 is 0 Å². The number of carboxylic acids is 2. The number of nitrogens with zero attached hydrogens (tertiary/aromatic N) is 2. The summed E-state index contributed by atoms with van der Waals surface area (Å²) >= 11 is 0. The lowest BCUT2D eigenvalue weighted by Crippen LogP contribution is -2.58. The molecule has 1 aromatic rings. The molecule has 2 saturated heterocycles. The van der Waals surface area contributed by atoms with E-state index in [9.17, 15) is 26.3 Å². The van der Waals surface area contributed by atoms with Crippen molar-refractivity contribution >= 4 is 11.9 Å². The Hall–Kier alpha value is -2.62. The number of hydrogen-bond acceptors (Lipinski definition) is 7. The van der Waals surface area contributed by atoms with Crippen molar-refractivity contribution in [2.45, 2.75) is 24.5 Å². The van der Waals surface area contributed by atoms with Crippen molar-refractivity contribution < 1.29 is 60.0 Å². The number of halogens is 6. The van der Waals surface area contributed by atoms with Crippen LogP contribution in [0.1, 0.15) is 5.56 Å². The first-order chi connectivity index (χ1) is 16.2. The molecule has 3 heterocycles. The van der Waals surface area contributed by atoms with Crippen molar-refractivity contribution in [1.29, 1.82) is 0 Å². The molecule has 15 heteroatoms. The van der Waals surface area contributed by atoms with E-state index in [1.54, 1.807) is 6.26 Å². The number of furan rings is 1. The van der Waals surface area contributed by atoms with Crippen LogP contribution in [0.4, 0.5) is 26.3 Å². The fraction of sp³-hybridized carbons (Fsp3) is 0.600. The quantitative estimate of drug-likeness (QED) is 0.457. The first kappa shape index (κ1) is 30.4. The topological polar surface area (TPSA) is 113 Å². The summed E-state index contributed by atoms with van der Waals surface area (Å²) in [5, 5.41) is 14.2. The van der Waals surface area contributed by atoms with Gasteiger partial charge in [0, 0.05) is 44.8 Å². The van der Waals surface area contributed by atoms with Crippen molar-refractivity contribution in [1.82, 2.24) is 9.80 Å². The minimum atomic E-state index is -5.08. The molecule has 2 aliphatic heterocycles. The summed E-state index contributed by atoms with van der Waals surface area (Å²) in [5.41, 5.74) is 0.992. The predicted molar refractivity (Wildman–Crippen MR) is 108 cm³/mol. The third-order valence-corrected chi connectivity index (χ3v) is 4.61. The second-order valence-corrected chi connectivity index (χ2v) is 7.56. The summed E-state index contributed by atoms with van der Waals surface area (Å²) in [4.78, 5) is 22.6. The fourth-order valence-electron chi connectivity index (χ4n) is 3.20. The summed E-state index contributed by atoms with van der Waals surface area (Å²) in [7, 11) is 0. The number of hydrogen-bond donors (Lipinski definition) is 2. The van der Waals surface area contributed by atoms with Gasteiger partial charge < -0.3 is 24.1 Å². The third-order valence-electron chi connectivity index (χ3n) is 4.61. The van der Waals surface area contributed by atoms with Crippen LogP contribution in [0, 0.1) is 0 Å². The Morgan fingerprint density at radius 3 is 2.06 bits per heavy atom. The summed E-state index contributed by atoms with van der Waals surface area (Å²) in [5.74, 6) is -5.51. The highest BCUT2D eigenvalue weighted by Crippen LogP contribution is 2.24. The van der Waals surface area contributed by atoms with Crippen LogP contribution in [0.2, 0.25) is 0 Å². The molecule has 0 bridgehead atoms. The van der Waals surface area contributed by atoms with E-state index in [-0.39, 0.29) is 5.60 Å². The van der Waals surface area contributed by atoms with Gasteiger partial charge in [0.15, 0.2) is 0 Å². The molecule has 1 atom stereocenters. The van der Waals surface area contributed by atoms with E-state index < -0.39 is 24.3 Å². The molecule has 200 valence electrons. The standard InChI is InChI=1S/C16H24N2O3.2C2HF3O2/c1-2-4-17-5-8-20-14-16(12-17)13-18(6-9-21-16)10-15-3-7-19-11-15;2*3-2(4,5)1(6)7/h2-3,7,11H,1,4-6,8-10,12-14H2;2*(H,6,7). The number of carbonyl (C=O) groups is 2. The Morgan fingerprint density at radius 2 is 1.57 bits per heavy atom. The number of alkyl halides is 6. The minimum Gasteiger partial charge on any atom is -0.475 e. The SMILES string of the molecule is C=CCN1CCOCC2(C1)CN(Cc1ccoc1)CCO2.O=C(O)C(F)(F)F.O=C(O)C(F)(F)F. The van der Waals surface area contributed by atoms with Gasteiger partial charge in [0.2, 0.25) is 0 Å². The maximum atomic E-state index is 10.6. The highest BCUT2D eigenvalue weighted by atomic mass is 19.4. The van der Waals surface area contributed by atoms with Crippen molar-refractivity contribution in [3.05, 3.63) is 36.8 Å². The van der Waals surface area contributed by atoms with Gasteiger partial charge in [0.05, 0.1) is 32.3 Å². The molecular weight excluding hydrogens is 494 g/mol. The van der Waals surface area contributed by atoms with Gasteiger partial charge in [-0.15, -0.1) is 6.58 Å². The molecule has 35 heavy (non-hydrogen) atoms. The summed E-state index contributed by atoms with van der Waals surface area (Å²) < 4.78 is 80.6. The number of carboxylic acid groups (broad SMARTS) is 2. The van der Waals surface area contributed by atoms with Gasteiger partial charge in [-0.3, -0.25) is 9.80 Å². The number of aliphatic carboxylic acids is 2. The second kappa shape index (κ2) is 13.5. The average molecular weight is 520 g/mol. The van der Waals surface area contributed by atoms with E-state index in [0.717, 1.165) is 52.5 Å². The molecule has 2 aliphatic rings. The third kappa shape index (κ3) is 11.6. The molecule has 2 fully saturated rings. The van der Waals surface area contributed by atoms with E-state index in [4.69, 9.17) is 33.7 Å². The maximum Gasteiger partial charge on any atom is 0.490 e. The first-order valence-electron chi connectivity index (χ1n) is 10.1. The van der Waals surface area contributed by atoms with Crippen LogP contribution >= 0.6 is 0 Å². The van der Waals surface area contributed by atoms with Crippen LogP contribution in [-0.4, -0.2) is 102 Å². The maximum absolute atomic E-state index is 10.6. The number of rotatable bonds is 4. The molecule has 1 spiro atoms. The Morgan fingerprint density at radius 1 is 1.03 bits per heavy atom. The Kier molecular flexibility index (Phi) is 11.7. The Labute approximate surface area is 196 Å². The van der Waals surface area contributed by atoms with Gasteiger partial charge in [-0.2, -0.15) is 26.3 Å². The summed E-state index contributed by atoms with van der Waals surface area (Å²) in [6.45, 7) is 11.5. The lowest BCUT2D eigenvalue weighted by molar-refractivity contribution is -0.193. The average Bonchev–Trinajstić information content (AvgIpc) is 3.16. The highest BCUT2D eigenvalue weighted by Gasteiger charge is 2.40. The molecule has 3 rings (SSSR count). The summed E-state index contributed by atoms with van der Waals surface area (Å²) in [6.07, 6.45) is -4.67. The van der Waals surface area contributed by atoms with E-state index in [2.05, 4.69) is 16.4 Å². The lowest BCUT2D eigenvalue weighted by Gasteiger charge is -2.43. The first-order valence-corrected chi connectivity index (χ1v) is 10.1. The molecule has 2 N–H and O–H groups in total. The van der Waals surface area contributed by atoms with E-state index in [1.807, 2.05) is 18.4 Å². The van der Waals surface area contributed by atoms with Crippen LogP contribution in [-0.2, 0) is 25.6 Å². The molecule has 0 aromatic carbocycles. The van der Waals surface area contributed by atoms with E-state index >= 15 is 0 Å². The zero-order valence-corrected chi connectivity index (χ0v) is 18.5. The van der Waals surface area contributed by atoms with Crippen molar-refractivity contribution in [2.24, 2.45) is 0 Å². The predicted octanol–water partition coefficient (Wildman–Crippen LogP) is 2.64.